The summed E-state index contributed by atoms with van der Waals surface area (Å²) in [7, 11) is 1.75. The van der Waals surface area contributed by atoms with Crippen LogP contribution in [0.3, 0.4) is 0 Å². The van der Waals surface area contributed by atoms with Gasteiger partial charge in [-0.25, -0.2) is 0 Å². The summed E-state index contributed by atoms with van der Waals surface area (Å²) in [5, 5.41) is 4.78. The van der Waals surface area contributed by atoms with Crippen LogP contribution in [0, 0.1) is 0 Å². The Labute approximate surface area is 231 Å². The maximum atomic E-state index is 5.92. The van der Waals surface area contributed by atoms with Crippen molar-refractivity contribution in [1.29, 1.82) is 0 Å². The number of ether oxygens (including phenoxy) is 1. The first kappa shape index (κ1) is 24.8. The van der Waals surface area contributed by atoms with E-state index in [0.29, 0.717) is 0 Å². The smallest absolute Gasteiger partial charge is 0.127 e. The quantitative estimate of drug-likeness (QED) is 0.230. The standard InChI is InChI=1S/C37H33NO/c1-37(2,3)31-17-20-33(21-18-31)38(32-12-6-5-7-13-32)34-19-16-28-24-35(36(39-4)25-30(28)23-34)29-15-14-26-10-8-9-11-27(26)22-29/h5-25H,1-4H3. The van der Waals surface area contributed by atoms with Crippen molar-refractivity contribution >= 4 is 38.6 Å². The van der Waals surface area contributed by atoms with Crippen molar-refractivity contribution in [3.63, 3.8) is 0 Å². The van der Waals surface area contributed by atoms with Gasteiger partial charge < -0.3 is 9.64 Å². The second kappa shape index (κ2) is 9.96. The molecule has 0 radical (unpaired) electrons. The Morgan fingerprint density at radius 2 is 1.13 bits per heavy atom. The Bertz CT molecular complexity index is 1760. The van der Waals surface area contributed by atoms with Crippen LogP contribution in [0.2, 0.25) is 0 Å². The minimum atomic E-state index is 0.109. The van der Waals surface area contributed by atoms with Crippen molar-refractivity contribution in [2.75, 3.05) is 12.0 Å². The minimum Gasteiger partial charge on any atom is -0.496 e. The van der Waals surface area contributed by atoms with Gasteiger partial charge in [0.1, 0.15) is 5.75 Å². The first-order valence-electron chi connectivity index (χ1n) is 13.5. The van der Waals surface area contributed by atoms with Gasteiger partial charge in [-0.2, -0.15) is 0 Å². The van der Waals surface area contributed by atoms with E-state index in [1.165, 1.54) is 21.7 Å². The van der Waals surface area contributed by atoms with Gasteiger partial charge in [-0.05, 0) is 92.7 Å². The van der Waals surface area contributed by atoms with Crippen molar-refractivity contribution in [1.82, 2.24) is 0 Å². The molecule has 0 spiro atoms. The summed E-state index contributed by atoms with van der Waals surface area (Å²) in [6, 6.07) is 45.6. The van der Waals surface area contributed by atoms with Gasteiger partial charge in [0.15, 0.2) is 0 Å². The Morgan fingerprint density at radius 1 is 0.513 bits per heavy atom. The minimum absolute atomic E-state index is 0.109. The van der Waals surface area contributed by atoms with E-state index in [4.69, 9.17) is 4.74 Å². The molecule has 6 rings (SSSR count). The van der Waals surface area contributed by atoms with Gasteiger partial charge in [0, 0.05) is 22.6 Å². The summed E-state index contributed by atoms with van der Waals surface area (Å²) in [4.78, 5) is 2.32. The van der Waals surface area contributed by atoms with E-state index in [-0.39, 0.29) is 5.41 Å². The third kappa shape index (κ3) is 4.86. The molecule has 0 atom stereocenters. The highest BCUT2D eigenvalue weighted by atomic mass is 16.5. The lowest BCUT2D eigenvalue weighted by molar-refractivity contribution is 0.417. The molecule has 0 aliphatic carbocycles. The zero-order valence-corrected chi connectivity index (χ0v) is 23.0. The molecular weight excluding hydrogens is 474 g/mol. The van der Waals surface area contributed by atoms with E-state index in [1.54, 1.807) is 7.11 Å². The highest BCUT2D eigenvalue weighted by molar-refractivity contribution is 5.96. The average molecular weight is 508 g/mol. The maximum absolute atomic E-state index is 5.92. The largest absolute Gasteiger partial charge is 0.496 e. The number of nitrogens with zero attached hydrogens (tertiary/aromatic N) is 1. The van der Waals surface area contributed by atoms with Gasteiger partial charge in [-0.3, -0.25) is 0 Å². The van der Waals surface area contributed by atoms with E-state index in [2.05, 4.69) is 153 Å². The van der Waals surface area contributed by atoms with Crippen LogP contribution < -0.4 is 9.64 Å². The average Bonchev–Trinajstić information content (AvgIpc) is 2.96. The molecule has 6 aromatic carbocycles. The number of rotatable bonds is 5. The fraction of sp³-hybridized carbons (Fsp3) is 0.135. The highest BCUT2D eigenvalue weighted by Crippen LogP contribution is 2.40. The predicted octanol–water partition coefficient (Wildman–Crippen LogP) is 10.4. The Balaban J connectivity index is 1.46. The highest BCUT2D eigenvalue weighted by Gasteiger charge is 2.17. The van der Waals surface area contributed by atoms with Crippen LogP contribution in [0.25, 0.3) is 32.7 Å². The Kier molecular flexibility index (Phi) is 6.32. The normalized spacial score (nSPS) is 11.6. The van der Waals surface area contributed by atoms with Gasteiger partial charge in [-0.15, -0.1) is 0 Å². The summed E-state index contributed by atoms with van der Waals surface area (Å²) < 4.78 is 5.92. The van der Waals surface area contributed by atoms with Gasteiger partial charge in [0.25, 0.3) is 0 Å². The second-order valence-corrected chi connectivity index (χ2v) is 11.1. The zero-order chi connectivity index (χ0) is 27.0. The summed E-state index contributed by atoms with van der Waals surface area (Å²) in [6.07, 6.45) is 0. The van der Waals surface area contributed by atoms with Crippen LogP contribution in [-0.4, -0.2) is 7.11 Å². The van der Waals surface area contributed by atoms with Crippen molar-refractivity contribution in [2.24, 2.45) is 0 Å². The molecule has 0 amide bonds. The van der Waals surface area contributed by atoms with Crippen LogP contribution in [-0.2, 0) is 5.41 Å². The molecule has 0 aliphatic heterocycles. The molecular formula is C37H33NO. The molecule has 6 aromatic rings. The lowest BCUT2D eigenvalue weighted by Crippen LogP contribution is -2.13. The van der Waals surface area contributed by atoms with Crippen molar-refractivity contribution in [2.45, 2.75) is 26.2 Å². The van der Waals surface area contributed by atoms with E-state index in [1.807, 2.05) is 0 Å². The van der Waals surface area contributed by atoms with E-state index in [0.717, 1.165) is 39.3 Å². The van der Waals surface area contributed by atoms with Crippen LogP contribution in [0.1, 0.15) is 26.3 Å². The lowest BCUT2D eigenvalue weighted by atomic mass is 9.87. The Morgan fingerprint density at radius 3 is 1.85 bits per heavy atom. The molecule has 0 bridgehead atoms. The van der Waals surface area contributed by atoms with E-state index < -0.39 is 0 Å². The van der Waals surface area contributed by atoms with Crippen molar-refractivity contribution in [3.8, 4) is 16.9 Å². The zero-order valence-electron chi connectivity index (χ0n) is 23.0. The number of hydrogen-bond acceptors (Lipinski definition) is 2. The summed E-state index contributed by atoms with van der Waals surface area (Å²) in [5.41, 5.74) is 7.05. The number of hydrogen-bond donors (Lipinski definition) is 0. The molecule has 0 N–H and O–H groups in total. The van der Waals surface area contributed by atoms with Crippen molar-refractivity contribution in [3.05, 3.63) is 133 Å². The first-order valence-corrected chi connectivity index (χ1v) is 13.5. The Hall–Kier alpha value is -4.56. The number of fused-ring (bicyclic) bond motifs is 2. The fourth-order valence-corrected chi connectivity index (χ4v) is 5.29. The van der Waals surface area contributed by atoms with Crippen molar-refractivity contribution < 1.29 is 4.74 Å². The third-order valence-corrected chi connectivity index (χ3v) is 7.47. The summed E-state index contributed by atoms with van der Waals surface area (Å²) in [6.45, 7) is 6.75. The van der Waals surface area contributed by atoms with Crippen LogP contribution in [0.4, 0.5) is 17.1 Å². The molecule has 0 heterocycles. The predicted molar refractivity (Wildman–Crippen MR) is 167 cm³/mol. The van der Waals surface area contributed by atoms with E-state index >= 15 is 0 Å². The molecule has 0 saturated carbocycles. The molecule has 39 heavy (non-hydrogen) atoms. The molecule has 0 saturated heterocycles. The molecule has 0 aromatic heterocycles. The maximum Gasteiger partial charge on any atom is 0.127 e. The van der Waals surface area contributed by atoms with Crippen LogP contribution in [0.5, 0.6) is 5.75 Å². The monoisotopic (exact) mass is 507 g/mol. The molecule has 0 aliphatic rings. The number of para-hydroxylation sites is 1. The summed E-state index contributed by atoms with van der Waals surface area (Å²) >= 11 is 0. The van der Waals surface area contributed by atoms with Crippen LogP contribution >= 0.6 is 0 Å². The summed E-state index contributed by atoms with van der Waals surface area (Å²) in [5.74, 6) is 0.871. The third-order valence-electron chi connectivity index (χ3n) is 7.47. The molecule has 0 fully saturated rings. The van der Waals surface area contributed by atoms with Gasteiger partial charge in [0.05, 0.1) is 7.11 Å². The number of benzene rings is 6. The van der Waals surface area contributed by atoms with Gasteiger partial charge in [0.2, 0.25) is 0 Å². The fourth-order valence-electron chi connectivity index (χ4n) is 5.29. The SMILES string of the molecule is COc1cc2cc(N(c3ccccc3)c3ccc(C(C)(C)C)cc3)ccc2cc1-c1ccc2ccccc2c1. The second-order valence-electron chi connectivity index (χ2n) is 11.1. The number of methoxy groups -OCH3 is 1. The molecule has 192 valence electrons. The number of anilines is 3. The topological polar surface area (TPSA) is 12.5 Å². The molecule has 0 unspecified atom stereocenters. The van der Waals surface area contributed by atoms with E-state index in [9.17, 15) is 0 Å². The molecule has 2 heteroatoms. The van der Waals surface area contributed by atoms with Gasteiger partial charge in [-0.1, -0.05) is 93.6 Å². The lowest BCUT2D eigenvalue weighted by Gasteiger charge is -2.27. The first-order chi connectivity index (χ1) is 18.9. The molecule has 2 nitrogen and oxygen atoms in total. The van der Waals surface area contributed by atoms with Gasteiger partial charge >= 0.3 is 0 Å². The van der Waals surface area contributed by atoms with Crippen LogP contribution in [0.15, 0.2) is 127 Å².